The summed E-state index contributed by atoms with van der Waals surface area (Å²) < 4.78 is 37.1. The predicted molar refractivity (Wildman–Crippen MR) is 156 cm³/mol. The molecule has 11 heteroatoms. The summed E-state index contributed by atoms with van der Waals surface area (Å²) in [5, 5.41) is 7.90. The van der Waals surface area contributed by atoms with Gasteiger partial charge >= 0.3 is 0 Å². The van der Waals surface area contributed by atoms with Crippen molar-refractivity contribution in [3.05, 3.63) is 107 Å². The Morgan fingerprint density at radius 3 is 2.58 bits per heavy atom. The van der Waals surface area contributed by atoms with Crippen molar-refractivity contribution in [2.45, 2.75) is 30.2 Å². The molecule has 1 unspecified atom stereocenters. The number of sulfonamides is 1. The average molecular weight is 620 g/mol. The van der Waals surface area contributed by atoms with Gasteiger partial charge in [-0.25, -0.2) is 13.4 Å². The Balaban J connectivity index is 1.22. The number of hydrogen-bond donors (Lipinski definition) is 1. The van der Waals surface area contributed by atoms with Gasteiger partial charge in [0.05, 0.1) is 21.3 Å². The molecule has 1 aliphatic heterocycles. The van der Waals surface area contributed by atoms with E-state index in [9.17, 15) is 8.42 Å². The number of pyridine rings is 1. The average Bonchev–Trinajstić information content (AvgIpc) is 3.38. The summed E-state index contributed by atoms with van der Waals surface area (Å²) in [6, 6.07) is 21.9. The number of fused-ring (bicyclic) bond motifs is 1. The fraction of sp³-hybridized carbons (Fsp3) is 0.207. The lowest BCUT2D eigenvalue weighted by Gasteiger charge is -2.32. The van der Waals surface area contributed by atoms with E-state index < -0.39 is 10.0 Å². The molecule has 0 radical (unpaired) electrons. The maximum atomic E-state index is 13.6. The molecule has 4 heterocycles. The van der Waals surface area contributed by atoms with Crippen LogP contribution in [0, 0.1) is 0 Å². The van der Waals surface area contributed by atoms with E-state index in [-0.39, 0.29) is 10.8 Å². The summed E-state index contributed by atoms with van der Waals surface area (Å²) >= 11 is 3.56. The molecule has 5 aromatic rings. The number of benzene rings is 2. The van der Waals surface area contributed by atoms with E-state index in [0.717, 1.165) is 34.4 Å². The van der Waals surface area contributed by atoms with Crippen LogP contribution in [0.5, 0.6) is 11.5 Å². The van der Waals surface area contributed by atoms with Gasteiger partial charge in [-0.2, -0.15) is 13.9 Å². The van der Waals surface area contributed by atoms with Crippen molar-refractivity contribution < 1.29 is 13.2 Å². The lowest BCUT2D eigenvalue weighted by molar-refractivity contribution is 0.312. The fourth-order valence-corrected chi connectivity index (χ4v) is 6.71. The van der Waals surface area contributed by atoms with Gasteiger partial charge in [-0.05, 0) is 76.8 Å². The normalized spacial score (nSPS) is 16.2. The quantitative estimate of drug-likeness (QED) is 0.232. The van der Waals surface area contributed by atoms with E-state index in [1.165, 1.54) is 0 Å². The molecule has 2 aromatic carbocycles. The second kappa shape index (κ2) is 11.4. The largest absolute Gasteiger partial charge is 0.457 e. The molecule has 0 amide bonds. The Kier molecular flexibility index (Phi) is 7.50. The van der Waals surface area contributed by atoms with Gasteiger partial charge in [-0.15, -0.1) is 0 Å². The van der Waals surface area contributed by atoms with E-state index in [2.05, 4.69) is 31.3 Å². The van der Waals surface area contributed by atoms with Crippen LogP contribution in [-0.2, 0) is 16.6 Å². The summed E-state index contributed by atoms with van der Waals surface area (Å²) in [4.78, 5) is 9.31. The molecule has 0 spiro atoms. The van der Waals surface area contributed by atoms with Gasteiger partial charge in [-0.1, -0.05) is 24.3 Å². The van der Waals surface area contributed by atoms with Crippen molar-refractivity contribution in [3.8, 4) is 11.5 Å². The van der Waals surface area contributed by atoms with Crippen LogP contribution < -0.4 is 10.1 Å². The number of hydrogen-bond acceptors (Lipinski definition) is 7. The molecule has 6 rings (SSSR count). The van der Waals surface area contributed by atoms with Gasteiger partial charge in [0.2, 0.25) is 10.0 Å². The number of rotatable bonds is 8. The molecule has 1 saturated heterocycles. The second-order valence-electron chi connectivity index (χ2n) is 9.60. The van der Waals surface area contributed by atoms with Crippen LogP contribution in [0.25, 0.3) is 5.65 Å². The van der Waals surface area contributed by atoms with Crippen molar-refractivity contribution in [2.75, 3.05) is 18.4 Å². The highest BCUT2D eigenvalue weighted by Crippen LogP contribution is 2.33. The van der Waals surface area contributed by atoms with E-state index in [0.29, 0.717) is 36.8 Å². The lowest BCUT2D eigenvalue weighted by Crippen LogP contribution is -2.39. The third-order valence-electron chi connectivity index (χ3n) is 6.89. The van der Waals surface area contributed by atoms with E-state index in [4.69, 9.17) is 9.72 Å². The minimum atomic E-state index is -3.69. The molecule has 1 aliphatic rings. The molecular weight excluding hydrogens is 592 g/mol. The summed E-state index contributed by atoms with van der Waals surface area (Å²) in [5.74, 6) is 2.00. The van der Waals surface area contributed by atoms with Crippen molar-refractivity contribution >= 4 is 37.4 Å². The SMILES string of the molecule is O=S(=O)(c1ccc(Oc2ccccc2)cc1)N1CCCC(c2cc(NCc3cccnc3)n3ncc(Br)c3n2)C1. The highest BCUT2D eigenvalue weighted by atomic mass is 79.9. The predicted octanol–water partition coefficient (Wildman–Crippen LogP) is 5.86. The van der Waals surface area contributed by atoms with Crippen LogP contribution in [0.1, 0.15) is 30.0 Å². The smallest absolute Gasteiger partial charge is 0.243 e. The van der Waals surface area contributed by atoms with Crippen molar-refractivity contribution in [2.24, 2.45) is 0 Å². The summed E-state index contributed by atoms with van der Waals surface area (Å²) in [7, 11) is -3.69. The first-order chi connectivity index (χ1) is 19.5. The van der Waals surface area contributed by atoms with Crippen LogP contribution >= 0.6 is 15.9 Å². The zero-order valence-corrected chi connectivity index (χ0v) is 23.9. The molecular formula is C29H27BrN6O3S. The maximum Gasteiger partial charge on any atom is 0.243 e. The van der Waals surface area contributed by atoms with Crippen molar-refractivity contribution in [3.63, 3.8) is 0 Å². The number of aromatic nitrogens is 4. The highest BCUT2D eigenvalue weighted by molar-refractivity contribution is 9.10. The van der Waals surface area contributed by atoms with Crippen LogP contribution in [-0.4, -0.2) is 45.4 Å². The van der Waals surface area contributed by atoms with Gasteiger partial charge in [0.25, 0.3) is 0 Å². The summed E-state index contributed by atoms with van der Waals surface area (Å²) in [6.45, 7) is 1.38. The molecule has 0 aliphatic carbocycles. The van der Waals surface area contributed by atoms with Gasteiger partial charge in [0.15, 0.2) is 5.65 Å². The number of piperidine rings is 1. The number of nitrogens with one attached hydrogen (secondary N) is 1. The number of nitrogens with zero attached hydrogens (tertiary/aromatic N) is 5. The van der Waals surface area contributed by atoms with E-state index in [1.54, 1.807) is 45.5 Å². The molecule has 1 fully saturated rings. The van der Waals surface area contributed by atoms with Gasteiger partial charge in [-0.3, -0.25) is 4.98 Å². The zero-order chi connectivity index (χ0) is 27.5. The molecule has 40 heavy (non-hydrogen) atoms. The highest BCUT2D eigenvalue weighted by Gasteiger charge is 2.32. The molecule has 0 saturated carbocycles. The Morgan fingerprint density at radius 1 is 1.00 bits per heavy atom. The van der Waals surface area contributed by atoms with Gasteiger partial charge in [0.1, 0.15) is 17.3 Å². The molecule has 9 nitrogen and oxygen atoms in total. The van der Waals surface area contributed by atoms with Crippen LogP contribution in [0.4, 0.5) is 5.82 Å². The van der Waals surface area contributed by atoms with Crippen LogP contribution in [0.3, 0.4) is 0 Å². The fourth-order valence-electron chi connectivity index (χ4n) is 4.84. The third kappa shape index (κ3) is 5.58. The Hall–Kier alpha value is -3.80. The van der Waals surface area contributed by atoms with Crippen molar-refractivity contribution in [1.29, 1.82) is 0 Å². The van der Waals surface area contributed by atoms with Crippen LogP contribution in [0.15, 0.2) is 101 Å². The Bertz CT molecular complexity index is 1710. The first kappa shape index (κ1) is 26.4. The summed E-state index contributed by atoms with van der Waals surface area (Å²) in [6.07, 6.45) is 6.85. The standard InChI is InChI=1S/C29H27BrN6O3S/c30-26-19-33-36-28(32-18-21-6-4-14-31-17-21)16-27(34-29(26)36)22-7-5-15-35(20-22)40(37,38)25-12-10-24(11-13-25)39-23-8-2-1-3-9-23/h1-4,6,8-14,16-17,19,22,32H,5,7,15,18,20H2. The molecule has 204 valence electrons. The lowest BCUT2D eigenvalue weighted by atomic mass is 9.96. The second-order valence-corrected chi connectivity index (χ2v) is 12.4. The monoisotopic (exact) mass is 618 g/mol. The first-order valence-corrected chi connectivity index (χ1v) is 15.2. The maximum absolute atomic E-state index is 13.6. The molecule has 0 bridgehead atoms. The molecule has 3 aromatic heterocycles. The Labute approximate surface area is 241 Å². The minimum Gasteiger partial charge on any atom is -0.457 e. The van der Waals surface area contributed by atoms with Gasteiger partial charge in [0, 0.05) is 44.0 Å². The Morgan fingerprint density at radius 2 is 1.80 bits per heavy atom. The zero-order valence-electron chi connectivity index (χ0n) is 21.5. The van der Waals surface area contributed by atoms with E-state index in [1.807, 2.05) is 54.7 Å². The topological polar surface area (TPSA) is 102 Å². The minimum absolute atomic E-state index is 0.0602. The van der Waals surface area contributed by atoms with Gasteiger partial charge < -0.3 is 10.1 Å². The molecule has 1 atom stereocenters. The van der Waals surface area contributed by atoms with Crippen LogP contribution in [0.2, 0.25) is 0 Å². The number of anilines is 1. The van der Waals surface area contributed by atoms with E-state index >= 15 is 0 Å². The molecule has 1 N–H and O–H groups in total. The van der Waals surface area contributed by atoms with Crippen molar-refractivity contribution in [1.82, 2.24) is 23.9 Å². The first-order valence-electron chi connectivity index (χ1n) is 13.0. The number of halogens is 1. The number of para-hydroxylation sites is 1. The third-order valence-corrected chi connectivity index (χ3v) is 9.33. The number of ether oxygens (including phenoxy) is 1. The summed E-state index contributed by atoms with van der Waals surface area (Å²) in [5.41, 5.74) is 2.55.